The van der Waals surface area contributed by atoms with Crippen LogP contribution in [0.15, 0.2) is 0 Å². The van der Waals surface area contributed by atoms with Gasteiger partial charge in [0.1, 0.15) is 0 Å². The van der Waals surface area contributed by atoms with Gasteiger partial charge in [-0.1, -0.05) is 13.8 Å². The summed E-state index contributed by atoms with van der Waals surface area (Å²) in [7, 11) is 3.84. The smallest absolute Gasteiger partial charge is 0.323 e. The summed E-state index contributed by atoms with van der Waals surface area (Å²) in [5, 5.41) is 0. The largest absolute Gasteiger partial charge is 0.333 e. The first-order valence-electron chi connectivity index (χ1n) is 5.33. The molecule has 0 radical (unpaired) electrons. The molecule has 0 unspecified atom stereocenters. The van der Waals surface area contributed by atoms with E-state index in [2.05, 4.69) is 0 Å². The fraction of sp³-hybridized carbons (Fsp3) is 0.800. The van der Waals surface area contributed by atoms with Gasteiger partial charge < -0.3 is 9.80 Å². The molecule has 0 aromatic heterocycles. The van der Waals surface area contributed by atoms with Gasteiger partial charge in [0.05, 0.1) is 0 Å². The molecule has 0 aliphatic rings. The molecule has 6 heteroatoms. The van der Waals surface area contributed by atoms with E-state index in [1.54, 1.807) is 0 Å². The molecule has 2 amide bonds. The van der Waals surface area contributed by atoms with Crippen LogP contribution in [0.4, 0.5) is 0 Å². The summed E-state index contributed by atoms with van der Waals surface area (Å²) in [6, 6.07) is 0. The molecule has 0 atom stereocenters. The number of hydrogen-bond donors (Lipinski definition) is 2. The number of nitrogens with one attached hydrogen (secondary N) is 1. The molecule has 0 saturated carbocycles. The number of hydrazine groups is 1. The molecule has 0 aliphatic heterocycles. The highest BCUT2D eigenvalue weighted by atomic mass is 16.2. The zero-order chi connectivity index (χ0) is 12.7. The van der Waals surface area contributed by atoms with E-state index in [9.17, 15) is 9.59 Å². The molecule has 0 aliphatic carbocycles. The average Bonchev–Trinajstić information content (AvgIpc) is 2.21. The Morgan fingerprint density at radius 2 is 1.81 bits per heavy atom. The predicted molar refractivity (Wildman–Crippen MR) is 62.3 cm³/mol. The van der Waals surface area contributed by atoms with Gasteiger partial charge >= 0.3 is 11.8 Å². The third-order valence-corrected chi connectivity index (χ3v) is 2.02. The second-order valence-electron chi connectivity index (χ2n) is 4.42. The molecular weight excluding hydrogens is 208 g/mol. The third-order valence-electron chi connectivity index (χ3n) is 2.02. The fourth-order valence-corrected chi connectivity index (χ4v) is 1.24. The first-order chi connectivity index (χ1) is 7.38. The maximum absolute atomic E-state index is 11.6. The normalized spacial score (nSPS) is 10.7. The Bertz CT molecular complexity index is 241. The molecule has 0 spiro atoms. The van der Waals surface area contributed by atoms with Gasteiger partial charge in [-0.25, -0.2) is 5.84 Å². The van der Waals surface area contributed by atoms with Crippen LogP contribution >= 0.6 is 0 Å². The van der Waals surface area contributed by atoms with Crippen molar-refractivity contribution in [2.45, 2.75) is 13.8 Å². The zero-order valence-corrected chi connectivity index (χ0v) is 10.5. The molecule has 94 valence electrons. The van der Waals surface area contributed by atoms with Gasteiger partial charge in [0.2, 0.25) is 0 Å². The van der Waals surface area contributed by atoms with Crippen molar-refractivity contribution in [3.05, 3.63) is 0 Å². The van der Waals surface area contributed by atoms with Crippen LogP contribution in [-0.4, -0.2) is 55.3 Å². The molecule has 0 fully saturated rings. The molecule has 0 aromatic rings. The van der Waals surface area contributed by atoms with Crippen molar-refractivity contribution < 1.29 is 9.59 Å². The van der Waals surface area contributed by atoms with Crippen LogP contribution in [0.1, 0.15) is 13.8 Å². The van der Waals surface area contributed by atoms with E-state index in [4.69, 9.17) is 5.84 Å². The Hall–Kier alpha value is -1.14. The number of hydrogen-bond acceptors (Lipinski definition) is 4. The standard InChI is InChI=1S/C10H22N4O2/c1-8(2)7-14(6-5-13(3)4)10(16)9(15)12-11/h8H,5-7,11H2,1-4H3,(H,12,15). The summed E-state index contributed by atoms with van der Waals surface area (Å²) in [5.41, 5.74) is 1.86. The molecule has 0 saturated heterocycles. The second kappa shape index (κ2) is 7.19. The number of rotatable bonds is 5. The third kappa shape index (κ3) is 5.67. The highest BCUT2D eigenvalue weighted by Gasteiger charge is 2.21. The molecular formula is C10H22N4O2. The zero-order valence-electron chi connectivity index (χ0n) is 10.5. The average molecular weight is 230 g/mol. The summed E-state index contributed by atoms with van der Waals surface area (Å²) in [4.78, 5) is 26.3. The van der Waals surface area contributed by atoms with Gasteiger partial charge in [-0.3, -0.25) is 15.0 Å². The lowest BCUT2D eigenvalue weighted by atomic mass is 10.2. The van der Waals surface area contributed by atoms with Gasteiger partial charge in [-0.2, -0.15) is 0 Å². The summed E-state index contributed by atoms with van der Waals surface area (Å²) >= 11 is 0. The van der Waals surface area contributed by atoms with Crippen LogP contribution in [0.3, 0.4) is 0 Å². The summed E-state index contributed by atoms with van der Waals surface area (Å²) in [6.45, 7) is 5.79. The van der Waals surface area contributed by atoms with Crippen molar-refractivity contribution in [3.63, 3.8) is 0 Å². The molecule has 0 bridgehead atoms. The minimum absolute atomic E-state index is 0.316. The van der Waals surface area contributed by atoms with Gasteiger partial charge in [-0.05, 0) is 20.0 Å². The molecule has 0 rings (SSSR count). The maximum atomic E-state index is 11.6. The van der Waals surface area contributed by atoms with E-state index in [-0.39, 0.29) is 0 Å². The summed E-state index contributed by atoms with van der Waals surface area (Å²) in [5.74, 6) is 3.92. The molecule has 3 N–H and O–H groups in total. The lowest BCUT2D eigenvalue weighted by molar-refractivity contribution is -0.146. The van der Waals surface area contributed by atoms with E-state index in [1.807, 2.05) is 38.3 Å². The van der Waals surface area contributed by atoms with Crippen LogP contribution in [-0.2, 0) is 9.59 Å². The van der Waals surface area contributed by atoms with E-state index in [0.29, 0.717) is 19.0 Å². The van der Waals surface area contributed by atoms with Gasteiger partial charge in [-0.15, -0.1) is 0 Å². The Morgan fingerprint density at radius 3 is 2.19 bits per heavy atom. The number of carbonyl (C=O) groups is 2. The van der Waals surface area contributed by atoms with Crippen LogP contribution < -0.4 is 11.3 Å². The Kier molecular flexibility index (Phi) is 6.67. The second-order valence-corrected chi connectivity index (χ2v) is 4.42. The number of nitrogens with two attached hydrogens (primary N) is 1. The number of likely N-dealkylation sites (N-methyl/N-ethyl adjacent to an activating group) is 1. The Morgan fingerprint density at radius 1 is 1.25 bits per heavy atom. The lowest BCUT2D eigenvalue weighted by Gasteiger charge is -2.25. The van der Waals surface area contributed by atoms with Crippen molar-refractivity contribution in [2.24, 2.45) is 11.8 Å². The highest BCUT2D eigenvalue weighted by molar-refractivity contribution is 6.34. The van der Waals surface area contributed by atoms with Crippen LogP contribution in [0, 0.1) is 5.92 Å². The van der Waals surface area contributed by atoms with Crippen molar-refractivity contribution >= 4 is 11.8 Å². The molecule has 16 heavy (non-hydrogen) atoms. The molecule has 0 aromatic carbocycles. The monoisotopic (exact) mass is 230 g/mol. The highest BCUT2D eigenvalue weighted by Crippen LogP contribution is 1.99. The minimum Gasteiger partial charge on any atom is -0.333 e. The Labute approximate surface area is 96.7 Å². The molecule has 0 heterocycles. The number of amides is 2. The quantitative estimate of drug-likeness (QED) is 0.275. The van der Waals surface area contributed by atoms with Crippen molar-refractivity contribution in [2.75, 3.05) is 33.7 Å². The first kappa shape index (κ1) is 14.9. The van der Waals surface area contributed by atoms with Crippen LogP contribution in [0.5, 0.6) is 0 Å². The predicted octanol–water partition coefficient (Wildman–Crippen LogP) is -0.977. The molecule has 6 nitrogen and oxygen atoms in total. The van der Waals surface area contributed by atoms with Crippen LogP contribution in [0.25, 0.3) is 0 Å². The minimum atomic E-state index is -0.764. The first-order valence-corrected chi connectivity index (χ1v) is 5.33. The van der Waals surface area contributed by atoms with Crippen LogP contribution in [0.2, 0.25) is 0 Å². The van der Waals surface area contributed by atoms with Gasteiger partial charge in [0.25, 0.3) is 0 Å². The number of nitrogens with zero attached hydrogens (tertiary/aromatic N) is 2. The summed E-state index contributed by atoms with van der Waals surface area (Å²) < 4.78 is 0. The summed E-state index contributed by atoms with van der Waals surface area (Å²) in [6.07, 6.45) is 0. The van der Waals surface area contributed by atoms with E-state index < -0.39 is 11.8 Å². The number of carbonyl (C=O) groups excluding carboxylic acids is 2. The Balaban J connectivity index is 4.41. The van der Waals surface area contributed by atoms with Crippen molar-refractivity contribution in [3.8, 4) is 0 Å². The topological polar surface area (TPSA) is 78.7 Å². The SMILES string of the molecule is CC(C)CN(CCN(C)C)C(=O)C(=O)NN. The van der Waals surface area contributed by atoms with E-state index >= 15 is 0 Å². The fourth-order valence-electron chi connectivity index (χ4n) is 1.24. The van der Waals surface area contributed by atoms with E-state index in [1.165, 1.54) is 4.90 Å². The van der Waals surface area contributed by atoms with Crippen molar-refractivity contribution in [1.82, 2.24) is 15.2 Å². The van der Waals surface area contributed by atoms with Gasteiger partial charge in [0, 0.05) is 19.6 Å². The van der Waals surface area contributed by atoms with E-state index in [0.717, 1.165) is 6.54 Å². The van der Waals surface area contributed by atoms with Gasteiger partial charge in [0.15, 0.2) is 0 Å². The maximum Gasteiger partial charge on any atom is 0.323 e. The lowest BCUT2D eigenvalue weighted by Crippen LogP contribution is -2.48. The van der Waals surface area contributed by atoms with Crippen molar-refractivity contribution in [1.29, 1.82) is 0 Å².